The van der Waals surface area contributed by atoms with E-state index >= 15 is 0 Å². The number of halogens is 3. The lowest BCUT2D eigenvalue weighted by Crippen LogP contribution is -2.36. The predicted octanol–water partition coefficient (Wildman–Crippen LogP) is 6.63. The second kappa shape index (κ2) is 14.4. The van der Waals surface area contributed by atoms with Gasteiger partial charge in [-0.05, 0) is 74.7 Å². The molecular formula is C25H32Cl3N3O3. The minimum Gasteiger partial charge on any atom is -0.481 e. The summed E-state index contributed by atoms with van der Waals surface area (Å²) in [5.41, 5.74) is 7.51. The second-order valence-electron chi connectivity index (χ2n) is 8.32. The van der Waals surface area contributed by atoms with Gasteiger partial charge in [0.15, 0.2) is 0 Å². The van der Waals surface area contributed by atoms with Crippen molar-refractivity contribution in [3.05, 3.63) is 68.7 Å². The molecule has 0 radical (unpaired) electrons. The Kier molecular flexibility index (Phi) is 12.0. The van der Waals surface area contributed by atoms with Gasteiger partial charge >= 0.3 is 12.0 Å². The topological polar surface area (TPSA) is 86.9 Å². The number of urea groups is 1. The number of nitrogens with zero attached hydrogens (tertiary/aromatic N) is 2. The Balaban J connectivity index is 1.87. The van der Waals surface area contributed by atoms with Crippen LogP contribution >= 0.6 is 34.8 Å². The van der Waals surface area contributed by atoms with Crippen LogP contribution in [0.25, 0.3) is 0 Å². The Morgan fingerprint density at radius 3 is 2.15 bits per heavy atom. The number of hydrogen-bond donors (Lipinski definition) is 2. The Morgan fingerprint density at radius 1 is 0.912 bits per heavy atom. The Bertz CT molecular complexity index is 941. The SMILES string of the molecule is CC(c1ccc(Cl)cc1)N(CCCCCN(Cc1ccc(Cl)cc1Cl)C(N)=O)CCCC(=O)O. The third-order valence-electron chi connectivity index (χ3n) is 5.80. The molecular weight excluding hydrogens is 497 g/mol. The van der Waals surface area contributed by atoms with Gasteiger partial charge in [0.2, 0.25) is 0 Å². The number of carbonyl (C=O) groups is 2. The first-order valence-corrected chi connectivity index (χ1v) is 12.5. The Hall–Kier alpha value is -1.99. The molecule has 1 atom stereocenters. The number of aliphatic carboxylic acids is 1. The molecule has 2 aromatic carbocycles. The fraction of sp³-hybridized carbons (Fsp3) is 0.440. The number of benzene rings is 2. The number of unbranched alkanes of at least 4 members (excludes halogenated alkanes) is 2. The fourth-order valence-electron chi connectivity index (χ4n) is 3.80. The molecule has 0 aliphatic carbocycles. The maximum absolute atomic E-state index is 11.9. The van der Waals surface area contributed by atoms with Crippen LogP contribution in [-0.2, 0) is 11.3 Å². The van der Waals surface area contributed by atoms with Crippen molar-refractivity contribution in [2.24, 2.45) is 5.73 Å². The van der Waals surface area contributed by atoms with Crippen LogP contribution in [0.1, 0.15) is 56.2 Å². The van der Waals surface area contributed by atoms with E-state index in [0.717, 1.165) is 36.9 Å². The number of carboxylic acid groups (broad SMARTS) is 1. The third-order valence-corrected chi connectivity index (χ3v) is 6.64. The molecule has 2 aromatic rings. The lowest BCUT2D eigenvalue weighted by molar-refractivity contribution is -0.137. The third kappa shape index (κ3) is 9.71. The van der Waals surface area contributed by atoms with E-state index in [1.165, 1.54) is 0 Å². The summed E-state index contributed by atoms with van der Waals surface area (Å²) in [7, 11) is 0. The summed E-state index contributed by atoms with van der Waals surface area (Å²) in [6, 6.07) is 12.6. The van der Waals surface area contributed by atoms with E-state index < -0.39 is 12.0 Å². The number of rotatable bonds is 14. The van der Waals surface area contributed by atoms with E-state index in [9.17, 15) is 9.59 Å². The van der Waals surface area contributed by atoms with Crippen molar-refractivity contribution in [1.29, 1.82) is 0 Å². The molecule has 0 fully saturated rings. The number of primary amides is 1. The molecule has 0 aromatic heterocycles. The van der Waals surface area contributed by atoms with Gasteiger partial charge in [-0.15, -0.1) is 0 Å². The highest BCUT2D eigenvalue weighted by atomic mass is 35.5. The summed E-state index contributed by atoms with van der Waals surface area (Å²) in [5.74, 6) is -0.786. The highest BCUT2D eigenvalue weighted by Crippen LogP contribution is 2.24. The van der Waals surface area contributed by atoms with E-state index in [2.05, 4.69) is 11.8 Å². The van der Waals surface area contributed by atoms with Crippen LogP contribution < -0.4 is 5.73 Å². The van der Waals surface area contributed by atoms with Crippen LogP contribution in [0.3, 0.4) is 0 Å². The lowest BCUT2D eigenvalue weighted by atomic mass is 10.1. The fourth-order valence-corrected chi connectivity index (χ4v) is 4.40. The Labute approximate surface area is 216 Å². The van der Waals surface area contributed by atoms with Crippen LogP contribution in [0.4, 0.5) is 4.79 Å². The minimum absolute atomic E-state index is 0.139. The van der Waals surface area contributed by atoms with E-state index in [0.29, 0.717) is 41.1 Å². The molecule has 0 heterocycles. The smallest absolute Gasteiger partial charge is 0.315 e. The number of amides is 2. The number of nitrogens with two attached hydrogens (primary N) is 1. The zero-order valence-corrected chi connectivity index (χ0v) is 21.6. The zero-order valence-electron chi connectivity index (χ0n) is 19.4. The maximum atomic E-state index is 11.9. The van der Waals surface area contributed by atoms with Gasteiger partial charge in [-0.2, -0.15) is 0 Å². The van der Waals surface area contributed by atoms with Crippen molar-refractivity contribution in [3.8, 4) is 0 Å². The van der Waals surface area contributed by atoms with E-state index in [-0.39, 0.29) is 12.5 Å². The Morgan fingerprint density at radius 2 is 1.53 bits per heavy atom. The minimum atomic E-state index is -0.786. The van der Waals surface area contributed by atoms with Crippen molar-refractivity contribution >= 4 is 46.8 Å². The van der Waals surface area contributed by atoms with Crippen molar-refractivity contribution in [3.63, 3.8) is 0 Å². The summed E-state index contributed by atoms with van der Waals surface area (Å²) >= 11 is 18.2. The van der Waals surface area contributed by atoms with Crippen LogP contribution in [-0.4, -0.2) is 46.5 Å². The van der Waals surface area contributed by atoms with Gasteiger partial charge in [-0.1, -0.05) is 59.4 Å². The number of carboxylic acids is 1. The molecule has 34 heavy (non-hydrogen) atoms. The molecule has 2 amide bonds. The summed E-state index contributed by atoms with van der Waals surface area (Å²) in [6.07, 6.45) is 3.35. The average molecular weight is 529 g/mol. The zero-order chi connectivity index (χ0) is 25.1. The van der Waals surface area contributed by atoms with Crippen molar-refractivity contribution in [2.75, 3.05) is 19.6 Å². The molecule has 0 saturated heterocycles. The van der Waals surface area contributed by atoms with Gasteiger partial charge in [0.25, 0.3) is 0 Å². The molecule has 186 valence electrons. The molecule has 0 aliphatic heterocycles. The molecule has 0 bridgehead atoms. The van der Waals surface area contributed by atoms with E-state index in [1.807, 2.05) is 24.3 Å². The monoisotopic (exact) mass is 527 g/mol. The molecule has 3 N–H and O–H groups in total. The van der Waals surface area contributed by atoms with Gasteiger partial charge < -0.3 is 15.7 Å². The van der Waals surface area contributed by atoms with E-state index in [1.54, 1.807) is 23.1 Å². The normalized spacial score (nSPS) is 12.0. The molecule has 2 rings (SSSR count). The van der Waals surface area contributed by atoms with Crippen LogP contribution in [0.15, 0.2) is 42.5 Å². The van der Waals surface area contributed by atoms with Gasteiger partial charge in [0.1, 0.15) is 0 Å². The first kappa shape index (κ1) is 28.2. The number of carbonyl (C=O) groups excluding carboxylic acids is 1. The first-order chi connectivity index (χ1) is 16.2. The molecule has 0 saturated carbocycles. The highest BCUT2D eigenvalue weighted by molar-refractivity contribution is 6.35. The second-order valence-corrected chi connectivity index (χ2v) is 9.60. The van der Waals surface area contributed by atoms with Crippen LogP contribution in [0.2, 0.25) is 15.1 Å². The summed E-state index contributed by atoms with van der Waals surface area (Å²) in [6.45, 7) is 4.50. The predicted molar refractivity (Wildman–Crippen MR) is 139 cm³/mol. The lowest BCUT2D eigenvalue weighted by Gasteiger charge is -2.29. The summed E-state index contributed by atoms with van der Waals surface area (Å²) in [4.78, 5) is 26.7. The molecule has 0 spiro atoms. The van der Waals surface area contributed by atoms with Crippen molar-refractivity contribution in [2.45, 2.75) is 51.6 Å². The average Bonchev–Trinajstić information content (AvgIpc) is 2.78. The standard InChI is InChI=1S/C25H32Cl3N3O3/c1-18(19-7-10-21(26)11-8-19)30(15-5-6-24(32)33)13-3-2-4-14-31(25(29)34)17-20-9-12-22(27)16-23(20)28/h7-12,16,18H,2-6,13-15,17H2,1H3,(H2,29,34)(H,32,33). The summed E-state index contributed by atoms with van der Waals surface area (Å²) < 4.78 is 0. The first-order valence-electron chi connectivity index (χ1n) is 11.4. The van der Waals surface area contributed by atoms with Gasteiger partial charge in [-0.3, -0.25) is 9.69 Å². The van der Waals surface area contributed by atoms with E-state index in [4.69, 9.17) is 45.6 Å². The molecule has 9 heteroatoms. The quantitative estimate of drug-likeness (QED) is 0.270. The van der Waals surface area contributed by atoms with Crippen LogP contribution in [0.5, 0.6) is 0 Å². The molecule has 0 aliphatic rings. The molecule has 6 nitrogen and oxygen atoms in total. The number of hydrogen-bond acceptors (Lipinski definition) is 3. The highest BCUT2D eigenvalue weighted by Gasteiger charge is 2.17. The van der Waals surface area contributed by atoms with Gasteiger partial charge in [-0.25, -0.2) is 4.79 Å². The van der Waals surface area contributed by atoms with Crippen molar-refractivity contribution < 1.29 is 14.7 Å². The van der Waals surface area contributed by atoms with Gasteiger partial charge in [0.05, 0.1) is 0 Å². The van der Waals surface area contributed by atoms with Crippen molar-refractivity contribution in [1.82, 2.24) is 9.80 Å². The molecule has 1 unspecified atom stereocenters. The van der Waals surface area contributed by atoms with Gasteiger partial charge in [0, 0.05) is 40.6 Å². The maximum Gasteiger partial charge on any atom is 0.315 e. The summed E-state index contributed by atoms with van der Waals surface area (Å²) in [5, 5.41) is 10.7. The van der Waals surface area contributed by atoms with Crippen LogP contribution in [0, 0.1) is 0 Å². The largest absolute Gasteiger partial charge is 0.481 e.